The molecule has 0 atom stereocenters. The summed E-state index contributed by atoms with van der Waals surface area (Å²) in [5.41, 5.74) is 1.23. The zero-order valence-electron chi connectivity index (χ0n) is 11.9. The summed E-state index contributed by atoms with van der Waals surface area (Å²) in [7, 11) is 1.68. The highest BCUT2D eigenvalue weighted by Gasteiger charge is 2.20. The Labute approximate surface area is 137 Å². The van der Waals surface area contributed by atoms with Gasteiger partial charge >= 0.3 is 0 Å². The van der Waals surface area contributed by atoms with Crippen LogP contribution in [0.25, 0.3) is 0 Å². The third kappa shape index (κ3) is 3.99. The van der Waals surface area contributed by atoms with Crippen LogP contribution in [0.1, 0.15) is 23.3 Å². The van der Waals surface area contributed by atoms with Crippen LogP contribution in [0.2, 0.25) is 0 Å². The van der Waals surface area contributed by atoms with Gasteiger partial charge in [0.1, 0.15) is 6.61 Å². The second-order valence-corrected chi connectivity index (χ2v) is 6.98. The quantitative estimate of drug-likeness (QED) is 0.788. The molecule has 0 amide bonds. The summed E-state index contributed by atoms with van der Waals surface area (Å²) in [6.07, 6.45) is 2.60. The van der Waals surface area contributed by atoms with Crippen molar-refractivity contribution in [3.8, 4) is 11.5 Å². The van der Waals surface area contributed by atoms with Crippen molar-refractivity contribution in [2.75, 3.05) is 7.11 Å². The minimum atomic E-state index is 0.550. The van der Waals surface area contributed by atoms with Crippen molar-refractivity contribution < 1.29 is 9.47 Å². The van der Waals surface area contributed by atoms with Crippen LogP contribution in [0.3, 0.4) is 0 Å². The summed E-state index contributed by atoms with van der Waals surface area (Å²) in [5.74, 6) is 1.57. The normalized spacial score (nSPS) is 14.2. The molecule has 1 aliphatic rings. The zero-order chi connectivity index (χ0) is 14.7. The van der Waals surface area contributed by atoms with Gasteiger partial charge in [-0.05, 0) is 57.9 Å². The molecule has 0 bridgehead atoms. The van der Waals surface area contributed by atoms with E-state index in [2.05, 4.69) is 27.3 Å². The highest BCUT2D eigenvalue weighted by molar-refractivity contribution is 9.10. The van der Waals surface area contributed by atoms with Crippen molar-refractivity contribution in [1.82, 2.24) is 5.32 Å². The third-order valence-corrected chi connectivity index (χ3v) is 5.35. The molecule has 1 aromatic heterocycles. The summed E-state index contributed by atoms with van der Waals surface area (Å²) < 4.78 is 12.4. The van der Waals surface area contributed by atoms with Crippen LogP contribution in [-0.2, 0) is 13.2 Å². The lowest BCUT2D eigenvalue weighted by molar-refractivity contribution is 0.286. The first-order valence-electron chi connectivity index (χ1n) is 7.01. The number of hydrogen-bond acceptors (Lipinski definition) is 4. The van der Waals surface area contributed by atoms with Crippen LogP contribution in [0.4, 0.5) is 0 Å². The predicted molar refractivity (Wildman–Crippen MR) is 89.2 cm³/mol. The van der Waals surface area contributed by atoms with E-state index < -0.39 is 0 Å². The topological polar surface area (TPSA) is 30.5 Å². The molecule has 5 heteroatoms. The van der Waals surface area contributed by atoms with Crippen molar-refractivity contribution in [2.45, 2.75) is 32.0 Å². The molecular formula is C16H18BrNO2S. The second kappa shape index (κ2) is 6.81. The molecule has 21 heavy (non-hydrogen) atoms. The molecule has 0 saturated heterocycles. The third-order valence-electron chi connectivity index (χ3n) is 3.45. The van der Waals surface area contributed by atoms with Crippen LogP contribution >= 0.6 is 27.3 Å². The molecule has 0 unspecified atom stereocenters. The molecule has 0 spiro atoms. The summed E-state index contributed by atoms with van der Waals surface area (Å²) in [6, 6.07) is 8.88. The molecule has 2 aromatic rings. The molecule has 1 fully saturated rings. The first-order valence-corrected chi connectivity index (χ1v) is 8.68. The average molecular weight is 368 g/mol. The fourth-order valence-electron chi connectivity index (χ4n) is 2.06. The number of nitrogens with one attached hydrogen (secondary N) is 1. The van der Waals surface area contributed by atoms with Crippen LogP contribution in [-0.4, -0.2) is 13.2 Å². The Morgan fingerprint density at radius 2 is 2.14 bits per heavy atom. The van der Waals surface area contributed by atoms with E-state index in [1.165, 1.54) is 23.3 Å². The molecular weight excluding hydrogens is 350 g/mol. The smallest absolute Gasteiger partial charge is 0.161 e. The largest absolute Gasteiger partial charge is 0.493 e. The Morgan fingerprint density at radius 1 is 1.29 bits per heavy atom. The van der Waals surface area contributed by atoms with Crippen molar-refractivity contribution in [1.29, 1.82) is 0 Å². The maximum atomic E-state index is 5.88. The Bertz CT molecular complexity index is 610. The number of halogens is 1. The van der Waals surface area contributed by atoms with Gasteiger partial charge in [0.05, 0.1) is 12.0 Å². The molecule has 3 rings (SSSR count). The fourth-order valence-corrected chi connectivity index (χ4v) is 3.44. The van der Waals surface area contributed by atoms with Gasteiger partial charge in [-0.25, -0.2) is 0 Å². The predicted octanol–water partition coefficient (Wildman–Crippen LogP) is 4.35. The lowest BCUT2D eigenvalue weighted by Crippen LogP contribution is -2.15. The maximum absolute atomic E-state index is 5.88. The van der Waals surface area contributed by atoms with Crippen molar-refractivity contribution in [3.05, 3.63) is 44.6 Å². The van der Waals surface area contributed by atoms with E-state index in [0.717, 1.165) is 22.5 Å². The number of methoxy groups -OCH3 is 1. The second-order valence-electron chi connectivity index (χ2n) is 5.12. The Balaban J connectivity index is 1.64. The maximum Gasteiger partial charge on any atom is 0.161 e. The van der Waals surface area contributed by atoms with Gasteiger partial charge in [-0.15, -0.1) is 11.3 Å². The van der Waals surface area contributed by atoms with Crippen molar-refractivity contribution >= 4 is 27.3 Å². The van der Waals surface area contributed by atoms with Gasteiger partial charge in [0, 0.05) is 17.1 Å². The average Bonchev–Trinajstić information content (AvgIpc) is 3.25. The molecule has 1 saturated carbocycles. The monoisotopic (exact) mass is 367 g/mol. The van der Waals surface area contributed by atoms with Gasteiger partial charge < -0.3 is 14.8 Å². The minimum absolute atomic E-state index is 0.550. The van der Waals surface area contributed by atoms with E-state index >= 15 is 0 Å². The van der Waals surface area contributed by atoms with E-state index in [1.807, 2.05) is 23.6 Å². The van der Waals surface area contributed by atoms with Crippen LogP contribution < -0.4 is 14.8 Å². The van der Waals surface area contributed by atoms with E-state index in [9.17, 15) is 0 Å². The Morgan fingerprint density at radius 3 is 2.81 bits per heavy atom. The number of rotatable bonds is 7. The lowest BCUT2D eigenvalue weighted by Gasteiger charge is -2.12. The molecule has 0 aliphatic heterocycles. The summed E-state index contributed by atoms with van der Waals surface area (Å²) in [5, 5.41) is 5.55. The molecule has 1 heterocycles. The van der Waals surface area contributed by atoms with Gasteiger partial charge in [-0.1, -0.05) is 6.07 Å². The van der Waals surface area contributed by atoms with E-state index in [0.29, 0.717) is 12.6 Å². The summed E-state index contributed by atoms with van der Waals surface area (Å²) in [4.78, 5) is 1.18. The van der Waals surface area contributed by atoms with E-state index in [1.54, 1.807) is 18.4 Å². The Hall–Kier alpha value is -1.04. The highest BCUT2D eigenvalue weighted by atomic mass is 79.9. The van der Waals surface area contributed by atoms with Gasteiger partial charge in [-0.3, -0.25) is 0 Å². The minimum Gasteiger partial charge on any atom is -0.493 e. The summed E-state index contributed by atoms with van der Waals surface area (Å²) >= 11 is 5.20. The van der Waals surface area contributed by atoms with Gasteiger partial charge in [0.15, 0.2) is 11.5 Å². The number of thiophene rings is 1. The van der Waals surface area contributed by atoms with Crippen LogP contribution in [0.15, 0.2) is 34.1 Å². The SMILES string of the molecule is COc1cc(CNC2CC2)ccc1OCc1sccc1Br. The Kier molecular flexibility index (Phi) is 4.83. The van der Waals surface area contributed by atoms with Gasteiger partial charge in [-0.2, -0.15) is 0 Å². The van der Waals surface area contributed by atoms with Crippen LogP contribution in [0.5, 0.6) is 11.5 Å². The molecule has 1 aromatic carbocycles. The fraction of sp³-hybridized carbons (Fsp3) is 0.375. The van der Waals surface area contributed by atoms with Gasteiger partial charge in [0.2, 0.25) is 0 Å². The van der Waals surface area contributed by atoms with Crippen molar-refractivity contribution in [2.24, 2.45) is 0 Å². The molecule has 3 nitrogen and oxygen atoms in total. The molecule has 112 valence electrons. The van der Waals surface area contributed by atoms with Gasteiger partial charge in [0.25, 0.3) is 0 Å². The van der Waals surface area contributed by atoms with Crippen molar-refractivity contribution in [3.63, 3.8) is 0 Å². The number of hydrogen-bond donors (Lipinski definition) is 1. The molecule has 0 radical (unpaired) electrons. The van der Waals surface area contributed by atoms with E-state index in [4.69, 9.17) is 9.47 Å². The first kappa shape index (κ1) is 14.9. The standard InChI is InChI=1S/C16H18BrNO2S/c1-19-15-8-11(9-18-12-3-4-12)2-5-14(15)20-10-16-13(17)6-7-21-16/h2,5-8,12,18H,3-4,9-10H2,1H3. The molecule has 1 aliphatic carbocycles. The number of benzene rings is 1. The first-order chi connectivity index (χ1) is 10.3. The molecule has 1 N–H and O–H groups in total. The number of ether oxygens (including phenoxy) is 2. The van der Waals surface area contributed by atoms with E-state index in [-0.39, 0.29) is 0 Å². The highest BCUT2D eigenvalue weighted by Crippen LogP contribution is 2.31. The lowest BCUT2D eigenvalue weighted by atomic mass is 10.2. The zero-order valence-corrected chi connectivity index (χ0v) is 14.3. The summed E-state index contributed by atoms with van der Waals surface area (Å²) in [6.45, 7) is 1.44. The van der Waals surface area contributed by atoms with Crippen LogP contribution in [0, 0.1) is 0 Å².